The van der Waals surface area contributed by atoms with E-state index in [1.807, 2.05) is 7.05 Å². The van der Waals surface area contributed by atoms with E-state index in [1.165, 1.54) is 32.1 Å². The number of amidine groups is 1. The Bertz CT molecular complexity index is 676. The molecule has 1 aliphatic carbocycles. The van der Waals surface area contributed by atoms with Gasteiger partial charge in [0, 0.05) is 24.7 Å². The van der Waals surface area contributed by atoms with Crippen molar-refractivity contribution in [3.8, 4) is 0 Å². The van der Waals surface area contributed by atoms with Gasteiger partial charge < -0.3 is 4.90 Å². The van der Waals surface area contributed by atoms with Gasteiger partial charge in [0.15, 0.2) is 5.17 Å². The molecule has 1 atom stereocenters. The van der Waals surface area contributed by atoms with Crippen molar-refractivity contribution < 1.29 is 4.79 Å². The molecule has 0 bridgehead atoms. The van der Waals surface area contributed by atoms with Crippen molar-refractivity contribution in [3.63, 3.8) is 0 Å². The molecule has 0 N–H and O–H groups in total. The standard InChI is InChI=1S/C18H23Cl2N3OS/c1-12(24)23(16-10-13(19)8-9-15(16)20)17-11-25-18(22(17)2)21-14-6-4-3-5-7-14/h8-10,14,17H,3-7,11H2,1-2H3. The summed E-state index contributed by atoms with van der Waals surface area (Å²) >= 11 is 14.2. The van der Waals surface area contributed by atoms with Gasteiger partial charge in [-0.1, -0.05) is 54.2 Å². The molecule has 4 nitrogen and oxygen atoms in total. The van der Waals surface area contributed by atoms with Crippen LogP contribution in [0.25, 0.3) is 0 Å². The molecule has 1 aromatic carbocycles. The Kier molecular flexibility index (Phi) is 6.18. The largest absolute Gasteiger partial charge is 0.333 e. The molecule has 0 spiro atoms. The Morgan fingerprint density at radius 3 is 2.68 bits per heavy atom. The number of nitrogens with zero attached hydrogens (tertiary/aromatic N) is 3. The van der Waals surface area contributed by atoms with Gasteiger partial charge >= 0.3 is 0 Å². The molecule has 0 aromatic heterocycles. The van der Waals surface area contributed by atoms with Gasteiger partial charge in [-0.25, -0.2) is 0 Å². The number of amides is 1. The third kappa shape index (κ3) is 4.26. The first-order valence-corrected chi connectivity index (χ1v) is 10.4. The first-order valence-electron chi connectivity index (χ1n) is 8.65. The summed E-state index contributed by atoms with van der Waals surface area (Å²) in [5.41, 5.74) is 0.651. The van der Waals surface area contributed by atoms with Gasteiger partial charge in [0.1, 0.15) is 6.17 Å². The van der Waals surface area contributed by atoms with Crippen LogP contribution in [0.5, 0.6) is 0 Å². The number of aliphatic imine (C=N–C) groups is 1. The van der Waals surface area contributed by atoms with Gasteiger partial charge in [-0.15, -0.1) is 0 Å². The molecule has 3 rings (SSSR count). The molecule has 0 radical (unpaired) electrons. The Morgan fingerprint density at radius 2 is 2.00 bits per heavy atom. The van der Waals surface area contributed by atoms with Gasteiger partial charge in [0.2, 0.25) is 5.91 Å². The fourth-order valence-corrected chi connectivity index (χ4v) is 5.04. The molecule has 1 saturated carbocycles. The predicted octanol–water partition coefficient (Wildman–Crippen LogP) is 5.04. The quantitative estimate of drug-likeness (QED) is 0.713. The predicted molar refractivity (Wildman–Crippen MR) is 108 cm³/mol. The highest BCUT2D eigenvalue weighted by molar-refractivity contribution is 8.14. The number of thioether (sulfide) groups is 1. The van der Waals surface area contributed by atoms with Crippen LogP contribution in [0.1, 0.15) is 39.0 Å². The molecule has 1 unspecified atom stereocenters. The first-order chi connectivity index (χ1) is 12.0. The molecule has 2 aliphatic rings. The van der Waals surface area contributed by atoms with Crippen LogP contribution in [0, 0.1) is 0 Å². The van der Waals surface area contributed by atoms with Crippen LogP contribution < -0.4 is 4.90 Å². The van der Waals surface area contributed by atoms with E-state index in [9.17, 15) is 4.79 Å². The third-order valence-electron chi connectivity index (χ3n) is 4.78. The molecular formula is C18H23Cl2N3OS. The van der Waals surface area contributed by atoms with E-state index in [2.05, 4.69) is 4.90 Å². The maximum Gasteiger partial charge on any atom is 0.225 e. The second kappa shape index (κ2) is 8.19. The Hall–Kier alpha value is -0.910. The van der Waals surface area contributed by atoms with Gasteiger partial charge in [-0.3, -0.25) is 14.7 Å². The summed E-state index contributed by atoms with van der Waals surface area (Å²) in [7, 11) is 2.00. The van der Waals surface area contributed by atoms with Crippen LogP contribution >= 0.6 is 35.0 Å². The van der Waals surface area contributed by atoms with Crippen LogP contribution in [0.15, 0.2) is 23.2 Å². The van der Waals surface area contributed by atoms with Crippen molar-refractivity contribution in [2.45, 2.75) is 51.2 Å². The summed E-state index contributed by atoms with van der Waals surface area (Å²) in [5.74, 6) is 0.713. The van der Waals surface area contributed by atoms with Crippen molar-refractivity contribution in [2.75, 3.05) is 17.7 Å². The van der Waals surface area contributed by atoms with Crippen molar-refractivity contribution in [2.24, 2.45) is 4.99 Å². The number of carbonyl (C=O) groups is 1. The third-order valence-corrected chi connectivity index (χ3v) is 6.45. The normalized spacial score (nSPS) is 23.3. The second-order valence-electron chi connectivity index (χ2n) is 6.59. The number of halogens is 2. The zero-order valence-corrected chi connectivity index (χ0v) is 16.9. The van der Waals surface area contributed by atoms with E-state index < -0.39 is 0 Å². The van der Waals surface area contributed by atoms with Crippen molar-refractivity contribution in [3.05, 3.63) is 28.2 Å². The fourth-order valence-electron chi connectivity index (χ4n) is 3.44. The van der Waals surface area contributed by atoms with Crippen molar-refractivity contribution in [1.29, 1.82) is 0 Å². The van der Waals surface area contributed by atoms with Crippen LogP contribution in [0.4, 0.5) is 5.69 Å². The lowest BCUT2D eigenvalue weighted by Crippen LogP contribution is -2.48. The van der Waals surface area contributed by atoms with Gasteiger partial charge in [-0.05, 0) is 31.0 Å². The zero-order valence-electron chi connectivity index (χ0n) is 14.5. The molecule has 1 aromatic rings. The number of anilines is 1. The van der Waals surface area contributed by atoms with Crippen LogP contribution in [0.2, 0.25) is 10.0 Å². The van der Waals surface area contributed by atoms with E-state index >= 15 is 0 Å². The fraction of sp³-hybridized carbons (Fsp3) is 0.556. The van der Waals surface area contributed by atoms with E-state index in [1.54, 1.807) is 41.8 Å². The maximum atomic E-state index is 12.4. The summed E-state index contributed by atoms with van der Waals surface area (Å²) < 4.78 is 0. The number of hydrogen-bond donors (Lipinski definition) is 0. The summed E-state index contributed by atoms with van der Waals surface area (Å²) in [6.07, 6.45) is 6.06. The second-order valence-corrected chi connectivity index (χ2v) is 8.42. The Morgan fingerprint density at radius 1 is 1.28 bits per heavy atom. The summed E-state index contributed by atoms with van der Waals surface area (Å²) in [4.78, 5) is 21.2. The molecule has 1 heterocycles. The Labute approximate surface area is 163 Å². The van der Waals surface area contributed by atoms with Crippen molar-refractivity contribution in [1.82, 2.24) is 4.90 Å². The number of hydrogen-bond acceptors (Lipinski definition) is 3. The smallest absolute Gasteiger partial charge is 0.225 e. The van der Waals surface area contributed by atoms with Crippen LogP contribution in [-0.4, -0.2) is 41.0 Å². The van der Waals surface area contributed by atoms with E-state index in [0.29, 0.717) is 21.8 Å². The number of benzene rings is 1. The lowest BCUT2D eigenvalue weighted by molar-refractivity contribution is -0.117. The minimum atomic E-state index is -0.110. The lowest BCUT2D eigenvalue weighted by Gasteiger charge is -2.33. The monoisotopic (exact) mass is 399 g/mol. The average molecular weight is 400 g/mol. The van der Waals surface area contributed by atoms with Crippen molar-refractivity contribution >= 4 is 51.7 Å². The molecule has 1 saturated heterocycles. The Balaban J connectivity index is 1.84. The summed E-state index contributed by atoms with van der Waals surface area (Å²) in [6.45, 7) is 1.56. The van der Waals surface area contributed by atoms with Crippen LogP contribution in [0.3, 0.4) is 0 Å². The maximum absolute atomic E-state index is 12.4. The highest BCUT2D eigenvalue weighted by Crippen LogP contribution is 2.35. The highest BCUT2D eigenvalue weighted by atomic mass is 35.5. The summed E-state index contributed by atoms with van der Waals surface area (Å²) in [5, 5.41) is 2.10. The summed E-state index contributed by atoms with van der Waals surface area (Å²) in [6, 6.07) is 5.63. The van der Waals surface area contributed by atoms with E-state index in [-0.39, 0.29) is 12.1 Å². The number of rotatable bonds is 3. The minimum Gasteiger partial charge on any atom is -0.333 e. The SMILES string of the molecule is CC(=O)N(c1cc(Cl)ccc1Cl)C1CSC(=NC2CCCCC2)N1C. The molecular weight excluding hydrogens is 377 g/mol. The molecule has 1 amide bonds. The first kappa shape index (κ1) is 18.9. The topological polar surface area (TPSA) is 35.9 Å². The highest BCUT2D eigenvalue weighted by Gasteiger charge is 2.35. The molecule has 25 heavy (non-hydrogen) atoms. The molecule has 1 aliphatic heterocycles. The molecule has 7 heteroatoms. The van der Waals surface area contributed by atoms with Gasteiger partial charge in [0.25, 0.3) is 0 Å². The lowest BCUT2D eigenvalue weighted by atomic mass is 9.96. The van der Waals surface area contributed by atoms with E-state index in [0.717, 1.165) is 10.9 Å². The van der Waals surface area contributed by atoms with Gasteiger partial charge in [-0.2, -0.15) is 0 Å². The average Bonchev–Trinajstić information content (AvgIpc) is 2.93. The minimum absolute atomic E-state index is 0.0551. The van der Waals surface area contributed by atoms with Crippen LogP contribution in [-0.2, 0) is 4.79 Å². The molecule has 136 valence electrons. The zero-order chi connectivity index (χ0) is 18.0. The molecule has 2 fully saturated rings. The van der Waals surface area contributed by atoms with E-state index in [4.69, 9.17) is 28.2 Å². The van der Waals surface area contributed by atoms with Gasteiger partial charge in [0.05, 0.1) is 16.8 Å². The number of carbonyl (C=O) groups excluding carboxylic acids is 1.